The van der Waals surface area contributed by atoms with E-state index >= 15 is 0 Å². The van der Waals surface area contributed by atoms with Crippen molar-refractivity contribution < 1.29 is 33.4 Å². The summed E-state index contributed by atoms with van der Waals surface area (Å²) in [6.07, 6.45) is -0.279. The first-order valence-corrected chi connectivity index (χ1v) is 11.4. The predicted molar refractivity (Wildman–Crippen MR) is 138 cm³/mol. The van der Waals surface area contributed by atoms with Crippen LogP contribution < -0.4 is 25.4 Å². The second-order valence-electron chi connectivity index (χ2n) is 7.82. The number of hydrogen-bond acceptors (Lipinski definition) is 7. The molecule has 0 unspecified atom stereocenters. The van der Waals surface area contributed by atoms with Gasteiger partial charge in [0.2, 0.25) is 11.8 Å². The fraction of sp³-hybridized carbons (Fsp3) is 0.185. The lowest BCUT2D eigenvalue weighted by molar-refractivity contribution is -0.147. The number of carbonyl (C=O) groups excluding carboxylic acids is 4. The van der Waals surface area contributed by atoms with Crippen molar-refractivity contribution >= 4 is 40.8 Å². The minimum Gasteiger partial charge on any atom is -0.497 e. The number of carbonyl (C=O) groups is 4. The van der Waals surface area contributed by atoms with E-state index in [1.165, 1.54) is 6.92 Å². The molecule has 0 aliphatic rings. The predicted octanol–water partition coefficient (Wildman–Crippen LogP) is 4.35. The third-order valence-corrected chi connectivity index (χ3v) is 4.84. The number of esters is 1. The Labute approximate surface area is 213 Å². The largest absolute Gasteiger partial charge is 0.497 e. The van der Waals surface area contributed by atoms with E-state index in [0.29, 0.717) is 28.6 Å². The molecule has 0 radical (unpaired) electrons. The minimum absolute atomic E-state index is 0.102. The second-order valence-corrected chi connectivity index (χ2v) is 7.82. The molecule has 37 heavy (non-hydrogen) atoms. The number of nitrogens with one attached hydrogen (secondary N) is 3. The van der Waals surface area contributed by atoms with Gasteiger partial charge in [-0.1, -0.05) is 0 Å². The highest BCUT2D eigenvalue weighted by atomic mass is 16.5. The fourth-order valence-corrected chi connectivity index (χ4v) is 3.08. The molecule has 192 valence electrons. The molecule has 0 saturated heterocycles. The van der Waals surface area contributed by atoms with Gasteiger partial charge >= 0.3 is 5.97 Å². The van der Waals surface area contributed by atoms with E-state index in [1.807, 2.05) is 0 Å². The molecular formula is C27H27N3O7. The average molecular weight is 506 g/mol. The van der Waals surface area contributed by atoms with Crippen LogP contribution in [0.25, 0.3) is 0 Å². The summed E-state index contributed by atoms with van der Waals surface area (Å²) in [5.74, 6) is 0.189. The first-order chi connectivity index (χ1) is 17.8. The van der Waals surface area contributed by atoms with Gasteiger partial charge in [-0.25, -0.2) is 0 Å². The van der Waals surface area contributed by atoms with E-state index in [2.05, 4.69) is 16.0 Å². The molecule has 0 bridgehead atoms. The van der Waals surface area contributed by atoms with Crippen LogP contribution in [0, 0.1) is 0 Å². The van der Waals surface area contributed by atoms with Gasteiger partial charge in [0.1, 0.15) is 17.2 Å². The van der Waals surface area contributed by atoms with Crippen LogP contribution in [0.5, 0.6) is 17.2 Å². The van der Waals surface area contributed by atoms with Gasteiger partial charge in [-0.05, 0) is 72.8 Å². The quantitative estimate of drug-likeness (QED) is 0.330. The van der Waals surface area contributed by atoms with Gasteiger partial charge in [-0.3, -0.25) is 19.2 Å². The lowest BCUT2D eigenvalue weighted by Crippen LogP contribution is -2.21. The number of anilines is 3. The van der Waals surface area contributed by atoms with Crippen LogP contribution in [0.1, 0.15) is 19.8 Å². The van der Waals surface area contributed by atoms with Crippen LogP contribution in [-0.2, 0) is 23.9 Å². The molecule has 3 rings (SSSR count). The van der Waals surface area contributed by atoms with Crippen molar-refractivity contribution in [3.63, 3.8) is 0 Å². The summed E-state index contributed by atoms with van der Waals surface area (Å²) < 4.78 is 15.8. The molecule has 0 heterocycles. The molecule has 10 nitrogen and oxygen atoms in total. The van der Waals surface area contributed by atoms with Gasteiger partial charge in [-0.2, -0.15) is 0 Å². The average Bonchev–Trinajstić information content (AvgIpc) is 2.89. The van der Waals surface area contributed by atoms with Crippen LogP contribution in [0.4, 0.5) is 17.1 Å². The highest BCUT2D eigenvalue weighted by molar-refractivity contribution is 5.95. The molecular weight excluding hydrogens is 478 g/mol. The Morgan fingerprint density at radius 3 is 1.62 bits per heavy atom. The number of hydrogen-bond donors (Lipinski definition) is 3. The number of rotatable bonds is 11. The lowest BCUT2D eigenvalue weighted by atomic mass is 10.2. The van der Waals surface area contributed by atoms with E-state index in [0.717, 1.165) is 5.75 Å². The zero-order chi connectivity index (χ0) is 26.6. The number of benzene rings is 3. The van der Waals surface area contributed by atoms with Gasteiger partial charge in [0.05, 0.1) is 13.5 Å². The van der Waals surface area contributed by atoms with Gasteiger partial charge in [0, 0.05) is 30.4 Å². The van der Waals surface area contributed by atoms with Crippen molar-refractivity contribution in [1.82, 2.24) is 0 Å². The van der Waals surface area contributed by atoms with Crippen molar-refractivity contribution in [2.75, 3.05) is 29.7 Å². The maximum atomic E-state index is 12.2. The molecule has 0 aliphatic heterocycles. The first kappa shape index (κ1) is 26.7. The zero-order valence-corrected chi connectivity index (χ0v) is 20.4. The highest BCUT2D eigenvalue weighted by Gasteiger charge is 2.11. The number of ether oxygens (including phenoxy) is 3. The summed E-state index contributed by atoms with van der Waals surface area (Å²) in [5, 5.41) is 7.88. The second kappa shape index (κ2) is 13.3. The Hall–Kier alpha value is -4.86. The fourth-order valence-electron chi connectivity index (χ4n) is 3.08. The number of methoxy groups -OCH3 is 1. The van der Waals surface area contributed by atoms with E-state index in [1.54, 1.807) is 79.9 Å². The Bertz CT molecular complexity index is 1220. The first-order valence-electron chi connectivity index (χ1n) is 11.4. The molecule has 0 saturated carbocycles. The summed E-state index contributed by atoms with van der Waals surface area (Å²) in [6.45, 7) is 0.912. The highest BCUT2D eigenvalue weighted by Crippen LogP contribution is 2.25. The Kier molecular flexibility index (Phi) is 9.60. The molecule has 0 atom stereocenters. The van der Waals surface area contributed by atoms with Gasteiger partial charge in [0.15, 0.2) is 6.61 Å². The van der Waals surface area contributed by atoms with Crippen LogP contribution in [0.3, 0.4) is 0 Å². The van der Waals surface area contributed by atoms with E-state index in [4.69, 9.17) is 14.2 Å². The summed E-state index contributed by atoms with van der Waals surface area (Å²) in [7, 11) is 1.59. The van der Waals surface area contributed by atoms with Crippen LogP contribution in [0.2, 0.25) is 0 Å². The Morgan fingerprint density at radius 1 is 0.622 bits per heavy atom. The zero-order valence-electron chi connectivity index (χ0n) is 20.4. The van der Waals surface area contributed by atoms with Crippen LogP contribution in [-0.4, -0.2) is 37.4 Å². The monoisotopic (exact) mass is 505 g/mol. The van der Waals surface area contributed by atoms with Gasteiger partial charge in [0.25, 0.3) is 5.91 Å². The van der Waals surface area contributed by atoms with Gasteiger partial charge < -0.3 is 30.2 Å². The molecule has 0 aromatic heterocycles. The minimum atomic E-state index is -0.672. The van der Waals surface area contributed by atoms with Crippen molar-refractivity contribution in [3.05, 3.63) is 72.8 Å². The molecule has 0 fully saturated rings. The molecule has 3 aromatic carbocycles. The van der Waals surface area contributed by atoms with E-state index < -0.39 is 18.5 Å². The Morgan fingerprint density at radius 2 is 1.08 bits per heavy atom. The van der Waals surface area contributed by atoms with Gasteiger partial charge in [-0.15, -0.1) is 0 Å². The smallest absolute Gasteiger partial charge is 0.306 e. The maximum absolute atomic E-state index is 12.2. The third kappa shape index (κ3) is 9.36. The van der Waals surface area contributed by atoms with Crippen molar-refractivity contribution in [3.8, 4) is 17.2 Å². The van der Waals surface area contributed by atoms with Crippen molar-refractivity contribution in [1.29, 1.82) is 0 Å². The normalized spacial score (nSPS) is 10.1. The maximum Gasteiger partial charge on any atom is 0.306 e. The van der Waals surface area contributed by atoms with Crippen LogP contribution >= 0.6 is 0 Å². The topological polar surface area (TPSA) is 132 Å². The van der Waals surface area contributed by atoms with Crippen LogP contribution in [0.15, 0.2) is 72.8 Å². The molecule has 0 aliphatic carbocycles. The molecule has 10 heteroatoms. The lowest BCUT2D eigenvalue weighted by Gasteiger charge is -2.09. The van der Waals surface area contributed by atoms with E-state index in [9.17, 15) is 19.2 Å². The van der Waals surface area contributed by atoms with Crippen molar-refractivity contribution in [2.45, 2.75) is 19.8 Å². The summed E-state index contributed by atoms with van der Waals surface area (Å²) in [4.78, 5) is 47.1. The van der Waals surface area contributed by atoms with Crippen molar-refractivity contribution in [2.24, 2.45) is 0 Å². The Balaban J connectivity index is 1.35. The summed E-state index contributed by atoms with van der Waals surface area (Å²) >= 11 is 0. The summed E-state index contributed by atoms with van der Waals surface area (Å²) in [6, 6.07) is 20.4. The third-order valence-electron chi connectivity index (χ3n) is 4.84. The molecule has 3 amide bonds. The molecule has 3 aromatic rings. The molecule has 3 N–H and O–H groups in total. The number of amides is 3. The van der Waals surface area contributed by atoms with E-state index in [-0.39, 0.29) is 24.7 Å². The molecule has 0 spiro atoms. The summed E-state index contributed by atoms with van der Waals surface area (Å²) in [5.41, 5.74) is 1.62. The SMILES string of the molecule is COc1ccc(Oc2ccc(NC(=O)CCC(=O)OCC(=O)Nc3ccc(NC(C)=O)cc3)cc2)cc1. The standard InChI is InChI=1S/C27H27N3O7/c1-18(31)28-19-3-5-20(6-4-19)30-26(33)17-36-27(34)16-15-25(32)29-21-7-9-23(10-8-21)37-24-13-11-22(35-2)12-14-24/h3-14H,15-17H2,1-2H3,(H,28,31)(H,29,32)(H,30,33).